The highest BCUT2D eigenvalue weighted by Gasteiger charge is 2.07. The van der Waals surface area contributed by atoms with Crippen LogP contribution in [0.25, 0.3) is 0 Å². The van der Waals surface area contributed by atoms with Crippen LogP contribution in [-0.4, -0.2) is 22.1 Å². The number of ether oxygens (including phenoxy) is 1. The zero-order valence-corrected chi connectivity index (χ0v) is 12.3. The minimum atomic E-state index is 0.117. The van der Waals surface area contributed by atoms with E-state index in [0.29, 0.717) is 11.8 Å². The lowest BCUT2D eigenvalue weighted by atomic mass is 10.2. The van der Waals surface area contributed by atoms with Crippen molar-refractivity contribution in [2.45, 2.75) is 39.3 Å². The van der Waals surface area contributed by atoms with Crippen LogP contribution in [0.5, 0.6) is 5.88 Å². The Balaban J connectivity index is 1.94. The molecule has 0 saturated heterocycles. The topological polar surface area (TPSA) is 47.0 Å². The first-order chi connectivity index (χ1) is 9.13. The maximum atomic E-state index is 5.55. The summed E-state index contributed by atoms with van der Waals surface area (Å²) >= 11 is 1.77. The molecule has 5 heteroatoms. The van der Waals surface area contributed by atoms with E-state index in [1.165, 1.54) is 4.88 Å². The minimum absolute atomic E-state index is 0.117. The van der Waals surface area contributed by atoms with E-state index in [-0.39, 0.29) is 12.1 Å². The van der Waals surface area contributed by atoms with Gasteiger partial charge >= 0.3 is 0 Å². The Kier molecular flexibility index (Phi) is 4.74. The third kappa shape index (κ3) is 4.52. The van der Waals surface area contributed by atoms with Crippen molar-refractivity contribution in [3.8, 4) is 5.88 Å². The highest BCUT2D eigenvalue weighted by molar-refractivity contribution is 7.09. The molecule has 0 aliphatic heterocycles. The van der Waals surface area contributed by atoms with E-state index in [0.717, 1.165) is 6.42 Å². The normalized spacial score (nSPS) is 12.4. The highest BCUT2D eigenvalue weighted by Crippen LogP contribution is 2.14. The van der Waals surface area contributed by atoms with Gasteiger partial charge in [-0.2, -0.15) is 4.98 Å². The van der Waals surface area contributed by atoms with Gasteiger partial charge in [0.15, 0.2) is 0 Å². The van der Waals surface area contributed by atoms with Crippen LogP contribution in [0, 0.1) is 0 Å². The van der Waals surface area contributed by atoms with Crippen molar-refractivity contribution in [1.82, 2.24) is 9.97 Å². The van der Waals surface area contributed by atoms with Gasteiger partial charge in [0.25, 0.3) is 0 Å². The zero-order valence-electron chi connectivity index (χ0n) is 11.5. The van der Waals surface area contributed by atoms with Crippen molar-refractivity contribution in [3.63, 3.8) is 0 Å². The fourth-order valence-electron chi connectivity index (χ4n) is 1.72. The summed E-state index contributed by atoms with van der Waals surface area (Å²) in [4.78, 5) is 9.91. The predicted octanol–water partition coefficient (Wildman–Crippen LogP) is 3.37. The van der Waals surface area contributed by atoms with Gasteiger partial charge in [-0.3, -0.25) is 0 Å². The third-order valence-electron chi connectivity index (χ3n) is 2.45. The Morgan fingerprint density at radius 1 is 1.32 bits per heavy atom. The molecule has 2 rings (SSSR count). The average molecular weight is 277 g/mol. The molecule has 2 aromatic rings. The van der Waals surface area contributed by atoms with E-state index in [2.05, 4.69) is 39.7 Å². The van der Waals surface area contributed by atoms with Crippen molar-refractivity contribution >= 4 is 17.3 Å². The number of thiophene rings is 1. The number of nitrogens with zero attached hydrogens (tertiary/aromatic N) is 2. The van der Waals surface area contributed by atoms with Gasteiger partial charge in [0, 0.05) is 29.6 Å². The van der Waals surface area contributed by atoms with Gasteiger partial charge in [0.2, 0.25) is 11.8 Å². The molecule has 2 heterocycles. The van der Waals surface area contributed by atoms with Crippen molar-refractivity contribution < 1.29 is 4.74 Å². The van der Waals surface area contributed by atoms with Crippen LogP contribution in [0.1, 0.15) is 25.6 Å². The van der Waals surface area contributed by atoms with Crippen LogP contribution >= 0.6 is 11.3 Å². The Morgan fingerprint density at radius 3 is 2.84 bits per heavy atom. The van der Waals surface area contributed by atoms with Crippen LogP contribution in [0.3, 0.4) is 0 Å². The van der Waals surface area contributed by atoms with Gasteiger partial charge in [-0.15, -0.1) is 11.3 Å². The van der Waals surface area contributed by atoms with E-state index in [1.54, 1.807) is 23.6 Å². The Morgan fingerprint density at radius 2 is 2.16 bits per heavy atom. The lowest BCUT2D eigenvalue weighted by molar-refractivity contribution is 0.232. The van der Waals surface area contributed by atoms with E-state index in [1.807, 2.05) is 13.8 Å². The SMILES string of the molecule is CC(Cc1cccs1)Nc1nccc(OC(C)C)n1. The monoisotopic (exact) mass is 277 g/mol. The molecule has 0 aliphatic rings. The molecule has 0 bridgehead atoms. The Labute approximate surface area is 117 Å². The summed E-state index contributed by atoms with van der Waals surface area (Å²) in [6.07, 6.45) is 2.80. The largest absolute Gasteiger partial charge is 0.475 e. The van der Waals surface area contributed by atoms with Crippen molar-refractivity contribution in [2.75, 3.05) is 5.32 Å². The zero-order chi connectivity index (χ0) is 13.7. The van der Waals surface area contributed by atoms with E-state index in [4.69, 9.17) is 4.74 Å². The molecule has 4 nitrogen and oxygen atoms in total. The second-order valence-electron chi connectivity index (χ2n) is 4.71. The first-order valence-electron chi connectivity index (χ1n) is 6.42. The molecule has 2 aromatic heterocycles. The van der Waals surface area contributed by atoms with Crippen molar-refractivity contribution in [3.05, 3.63) is 34.7 Å². The number of hydrogen-bond donors (Lipinski definition) is 1. The summed E-state index contributed by atoms with van der Waals surface area (Å²) in [7, 11) is 0. The first kappa shape index (κ1) is 13.8. The quantitative estimate of drug-likeness (QED) is 0.879. The minimum Gasteiger partial charge on any atom is -0.475 e. The third-order valence-corrected chi connectivity index (χ3v) is 3.35. The lowest BCUT2D eigenvalue weighted by Gasteiger charge is -2.14. The van der Waals surface area contributed by atoms with E-state index < -0.39 is 0 Å². The smallest absolute Gasteiger partial charge is 0.226 e. The van der Waals surface area contributed by atoms with Crippen molar-refractivity contribution in [1.29, 1.82) is 0 Å². The Hall–Kier alpha value is -1.62. The lowest BCUT2D eigenvalue weighted by Crippen LogP contribution is -2.19. The molecule has 0 saturated carbocycles. The summed E-state index contributed by atoms with van der Waals surface area (Å²) in [5.74, 6) is 1.22. The average Bonchev–Trinajstić information content (AvgIpc) is 2.81. The second-order valence-corrected chi connectivity index (χ2v) is 5.75. The molecular formula is C14H19N3OS. The standard InChI is InChI=1S/C14H19N3OS/c1-10(2)18-13-6-7-15-14(17-13)16-11(3)9-12-5-4-8-19-12/h4-8,10-11H,9H2,1-3H3,(H,15,16,17). The highest BCUT2D eigenvalue weighted by atomic mass is 32.1. The van der Waals surface area contributed by atoms with E-state index >= 15 is 0 Å². The first-order valence-corrected chi connectivity index (χ1v) is 7.30. The number of anilines is 1. The fourth-order valence-corrected chi connectivity index (χ4v) is 2.56. The molecule has 19 heavy (non-hydrogen) atoms. The fraction of sp³-hybridized carbons (Fsp3) is 0.429. The van der Waals surface area contributed by atoms with Gasteiger partial charge < -0.3 is 10.1 Å². The van der Waals surface area contributed by atoms with Crippen LogP contribution < -0.4 is 10.1 Å². The maximum Gasteiger partial charge on any atom is 0.226 e. The summed E-state index contributed by atoms with van der Waals surface area (Å²) in [5, 5.41) is 5.39. The molecule has 1 unspecified atom stereocenters. The van der Waals surface area contributed by atoms with Crippen LogP contribution in [0.4, 0.5) is 5.95 Å². The molecule has 1 N–H and O–H groups in total. The van der Waals surface area contributed by atoms with E-state index in [9.17, 15) is 0 Å². The molecule has 0 aromatic carbocycles. The van der Waals surface area contributed by atoms with Crippen LogP contribution in [-0.2, 0) is 6.42 Å². The molecule has 0 amide bonds. The summed E-state index contributed by atoms with van der Waals surface area (Å²) < 4.78 is 5.55. The van der Waals surface area contributed by atoms with Gasteiger partial charge in [-0.25, -0.2) is 4.98 Å². The van der Waals surface area contributed by atoms with Gasteiger partial charge in [-0.05, 0) is 32.2 Å². The van der Waals surface area contributed by atoms with Crippen molar-refractivity contribution in [2.24, 2.45) is 0 Å². The number of nitrogens with one attached hydrogen (secondary N) is 1. The molecular weight excluding hydrogens is 258 g/mol. The summed E-state index contributed by atoms with van der Waals surface area (Å²) in [6, 6.07) is 6.27. The molecule has 0 aliphatic carbocycles. The second kappa shape index (κ2) is 6.52. The number of aromatic nitrogens is 2. The summed E-state index contributed by atoms with van der Waals surface area (Å²) in [5.41, 5.74) is 0. The van der Waals surface area contributed by atoms with Crippen LogP contribution in [0.15, 0.2) is 29.8 Å². The molecule has 0 spiro atoms. The van der Waals surface area contributed by atoms with Gasteiger partial charge in [0.1, 0.15) is 0 Å². The molecule has 0 radical (unpaired) electrons. The number of hydrogen-bond acceptors (Lipinski definition) is 5. The molecule has 1 atom stereocenters. The Bertz CT molecular complexity index is 499. The molecule has 102 valence electrons. The number of rotatable bonds is 6. The molecule has 0 fully saturated rings. The maximum absolute atomic E-state index is 5.55. The predicted molar refractivity (Wildman–Crippen MR) is 78.9 cm³/mol. The van der Waals surface area contributed by atoms with Gasteiger partial charge in [-0.1, -0.05) is 6.07 Å². The van der Waals surface area contributed by atoms with Gasteiger partial charge in [0.05, 0.1) is 6.10 Å². The van der Waals surface area contributed by atoms with Crippen LogP contribution in [0.2, 0.25) is 0 Å². The summed E-state index contributed by atoms with van der Waals surface area (Å²) in [6.45, 7) is 6.09.